The molecule has 1 amide bonds. The number of benzene rings is 1. The van der Waals surface area contributed by atoms with Crippen molar-refractivity contribution < 1.29 is 9.53 Å². The number of nitrogens with one attached hydrogen (secondary N) is 2. The molecule has 31 heavy (non-hydrogen) atoms. The number of ether oxygens (including phenoxy) is 1. The fourth-order valence-corrected chi connectivity index (χ4v) is 3.74. The van der Waals surface area contributed by atoms with Gasteiger partial charge in [0.2, 0.25) is 0 Å². The van der Waals surface area contributed by atoms with Gasteiger partial charge in [-0.25, -0.2) is 4.79 Å². The first kappa shape index (κ1) is 20.9. The summed E-state index contributed by atoms with van der Waals surface area (Å²) in [6.07, 6.45) is 0.695. The van der Waals surface area contributed by atoms with Crippen molar-refractivity contribution in [2.75, 3.05) is 39.8 Å². The molecular weight excluding hydrogens is 398 g/mol. The third kappa shape index (κ3) is 4.41. The highest BCUT2D eigenvalue weighted by molar-refractivity contribution is 5.82. The second kappa shape index (κ2) is 8.81. The zero-order valence-corrected chi connectivity index (χ0v) is 17.8. The first-order chi connectivity index (χ1) is 15.0. The molecule has 1 fully saturated rings. The van der Waals surface area contributed by atoms with Crippen LogP contribution in [0.25, 0.3) is 22.3 Å². The van der Waals surface area contributed by atoms with Gasteiger partial charge < -0.3 is 24.5 Å². The molecular formula is C22H27N5O4. The number of aromatic nitrogens is 3. The number of fused-ring (bicyclic) bond motifs is 1. The van der Waals surface area contributed by atoms with Crippen LogP contribution in [-0.2, 0) is 11.3 Å². The van der Waals surface area contributed by atoms with Gasteiger partial charge >= 0.3 is 5.69 Å². The number of hydrogen-bond donors (Lipinski definition) is 2. The number of H-pyrrole nitrogens is 2. The van der Waals surface area contributed by atoms with Gasteiger partial charge in [-0.1, -0.05) is 6.92 Å². The smallest absolute Gasteiger partial charge is 0.328 e. The maximum atomic E-state index is 12.6. The Morgan fingerprint density at radius 1 is 1.06 bits per heavy atom. The molecule has 9 heteroatoms. The first-order valence-corrected chi connectivity index (χ1v) is 10.5. The van der Waals surface area contributed by atoms with E-state index in [1.54, 1.807) is 18.2 Å². The summed E-state index contributed by atoms with van der Waals surface area (Å²) < 4.78 is 6.86. The van der Waals surface area contributed by atoms with Crippen molar-refractivity contribution in [2.45, 2.75) is 19.9 Å². The average Bonchev–Trinajstić information content (AvgIpc) is 3.20. The number of hydrogen-bond acceptors (Lipinski definition) is 5. The molecule has 0 aliphatic carbocycles. The molecule has 0 spiro atoms. The van der Waals surface area contributed by atoms with Gasteiger partial charge in [-0.15, -0.1) is 0 Å². The number of aromatic amines is 2. The summed E-state index contributed by atoms with van der Waals surface area (Å²) in [4.78, 5) is 46.9. The van der Waals surface area contributed by atoms with Gasteiger partial charge in [0, 0.05) is 38.4 Å². The Labute approximate surface area is 179 Å². The Balaban J connectivity index is 1.46. The highest BCUT2D eigenvalue weighted by Gasteiger charge is 2.19. The third-order valence-corrected chi connectivity index (χ3v) is 5.59. The monoisotopic (exact) mass is 425 g/mol. The Bertz CT molecular complexity index is 1180. The second-order valence-corrected chi connectivity index (χ2v) is 7.86. The van der Waals surface area contributed by atoms with E-state index < -0.39 is 5.69 Å². The van der Waals surface area contributed by atoms with Crippen LogP contribution in [-0.4, -0.2) is 70.1 Å². The quantitative estimate of drug-likeness (QED) is 0.619. The molecule has 1 aliphatic rings. The summed E-state index contributed by atoms with van der Waals surface area (Å²) in [6.45, 7) is 5.49. The molecule has 0 bridgehead atoms. The van der Waals surface area contributed by atoms with Gasteiger partial charge in [0.1, 0.15) is 11.3 Å². The van der Waals surface area contributed by atoms with Crippen LogP contribution in [0.4, 0.5) is 0 Å². The maximum absolute atomic E-state index is 12.6. The minimum absolute atomic E-state index is 0.00760. The molecule has 1 saturated heterocycles. The van der Waals surface area contributed by atoms with Crippen LogP contribution in [0.3, 0.4) is 0 Å². The summed E-state index contributed by atoms with van der Waals surface area (Å²) in [5.74, 6) is 0.584. The van der Waals surface area contributed by atoms with E-state index in [1.165, 1.54) is 4.57 Å². The van der Waals surface area contributed by atoms with Crippen molar-refractivity contribution in [3.63, 3.8) is 0 Å². The lowest BCUT2D eigenvalue weighted by molar-refractivity contribution is -0.134. The van der Waals surface area contributed by atoms with E-state index in [0.29, 0.717) is 29.7 Å². The fraction of sp³-hybridized carbons (Fsp3) is 0.409. The standard InChI is InChI=1S/C22H27N5O4/c1-3-8-27-21(29)20-18(24-22(27)30)13-17(23-20)15-4-6-16(7-5-15)31-14-19(28)26-11-9-25(2)10-12-26/h4-7,13,23H,3,8-12,14H2,1-2H3,(H,24,30). The van der Waals surface area contributed by atoms with Gasteiger partial charge in [0.05, 0.1) is 5.52 Å². The van der Waals surface area contributed by atoms with E-state index >= 15 is 0 Å². The molecule has 0 radical (unpaired) electrons. The van der Waals surface area contributed by atoms with Crippen molar-refractivity contribution >= 4 is 16.9 Å². The molecule has 9 nitrogen and oxygen atoms in total. The predicted octanol–water partition coefficient (Wildman–Crippen LogP) is 1.25. The maximum Gasteiger partial charge on any atom is 0.328 e. The summed E-state index contributed by atoms with van der Waals surface area (Å²) >= 11 is 0. The number of piperazine rings is 1. The minimum Gasteiger partial charge on any atom is -0.484 e. The minimum atomic E-state index is -0.404. The third-order valence-electron chi connectivity index (χ3n) is 5.59. The largest absolute Gasteiger partial charge is 0.484 e. The molecule has 0 atom stereocenters. The second-order valence-electron chi connectivity index (χ2n) is 7.86. The van der Waals surface area contributed by atoms with Crippen LogP contribution >= 0.6 is 0 Å². The van der Waals surface area contributed by atoms with Crippen molar-refractivity contribution in [3.05, 3.63) is 51.2 Å². The summed E-state index contributed by atoms with van der Waals surface area (Å²) in [7, 11) is 2.05. The van der Waals surface area contributed by atoms with Crippen molar-refractivity contribution in [3.8, 4) is 17.0 Å². The van der Waals surface area contributed by atoms with E-state index in [9.17, 15) is 14.4 Å². The van der Waals surface area contributed by atoms with E-state index in [1.807, 2.05) is 31.0 Å². The Morgan fingerprint density at radius 3 is 2.45 bits per heavy atom. The highest BCUT2D eigenvalue weighted by Crippen LogP contribution is 2.23. The molecule has 1 aliphatic heterocycles. The number of carbonyl (C=O) groups excluding carboxylic acids is 1. The first-order valence-electron chi connectivity index (χ1n) is 10.5. The molecule has 2 N–H and O–H groups in total. The molecule has 3 aromatic rings. The van der Waals surface area contributed by atoms with Crippen LogP contribution < -0.4 is 16.0 Å². The molecule has 1 aromatic carbocycles. The Morgan fingerprint density at radius 2 is 1.77 bits per heavy atom. The Kier molecular flexibility index (Phi) is 5.94. The summed E-state index contributed by atoms with van der Waals surface area (Å²) in [6, 6.07) is 9.03. The number of carbonyl (C=O) groups is 1. The zero-order valence-electron chi connectivity index (χ0n) is 17.8. The van der Waals surface area contributed by atoms with Crippen LogP contribution in [0.2, 0.25) is 0 Å². The van der Waals surface area contributed by atoms with Crippen molar-refractivity contribution in [2.24, 2.45) is 0 Å². The van der Waals surface area contributed by atoms with Crippen LogP contribution in [0, 0.1) is 0 Å². The molecule has 2 aromatic heterocycles. The average molecular weight is 425 g/mol. The topological polar surface area (TPSA) is 103 Å². The molecule has 164 valence electrons. The van der Waals surface area contributed by atoms with Gasteiger partial charge in [0.15, 0.2) is 6.61 Å². The van der Waals surface area contributed by atoms with E-state index in [4.69, 9.17) is 4.74 Å². The zero-order chi connectivity index (χ0) is 22.0. The summed E-state index contributed by atoms with van der Waals surface area (Å²) in [5, 5.41) is 0. The number of rotatable bonds is 6. The number of amides is 1. The number of nitrogens with zero attached hydrogens (tertiary/aromatic N) is 3. The molecule has 0 saturated carbocycles. The van der Waals surface area contributed by atoms with E-state index in [2.05, 4.69) is 14.9 Å². The van der Waals surface area contributed by atoms with Crippen LogP contribution in [0.1, 0.15) is 13.3 Å². The van der Waals surface area contributed by atoms with Gasteiger partial charge in [-0.05, 0) is 49.4 Å². The SMILES string of the molecule is CCCn1c(=O)[nH]c2cc(-c3ccc(OCC(=O)N4CCN(C)CC4)cc3)[nH]c2c1=O. The normalized spacial score (nSPS) is 14.8. The fourth-order valence-electron chi connectivity index (χ4n) is 3.74. The van der Waals surface area contributed by atoms with Crippen LogP contribution in [0.5, 0.6) is 5.75 Å². The van der Waals surface area contributed by atoms with E-state index in [0.717, 1.165) is 37.4 Å². The lowest BCUT2D eigenvalue weighted by Gasteiger charge is -2.32. The van der Waals surface area contributed by atoms with Crippen LogP contribution in [0.15, 0.2) is 39.9 Å². The highest BCUT2D eigenvalue weighted by atomic mass is 16.5. The van der Waals surface area contributed by atoms with Gasteiger partial charge in [-0.3, -0.25) is 14.2 Å². The lowest BCUT2D eigenvalue weighted by atomic mass is 10.1. The lowest BCUT2D eigenvalue weighted by Crippen LogP contribution is -2.48. The van der Waals surface area contributed by atoms with E-state index in [-0.39, 0.29) is 18.1 Å². The van der Waals surface area contributed by atoms with Gasteiger partial charge in [0.25, 0.3) is 11.5 Å². The van der Waals surface area contributed by atoms with Crippen molar-refractivity contribution in [1.29, 1.82) is 0 Å². The van der Waals surface area contributed by atoms with Gasteiger partial charge in [-0.2, -0.15) is 0 Å². The molecule has 0 unspecified atom stereocenters. The summed E-state index contributed by atoms with van der Waals surface area (Å²) in [5.41, 5.74) is 1.69. The van der Waals surface area contributed by atoms with Crippen molar-refractivity contribution in [1.82, 2.24) is 24.3 Å². The number of likely N-dealkylation sites (N-methyl/N-ethyl adjacent to an activating group) is 1. The Hall–Kier alpha value is -3.33. The predicted molar refractivity (Wildman–Crippen MR) is 118 cm³/mol. The molecule has 4 rings (SSSR count). The molecule has 3 heterocycles.